The van der Waals surface area contributed by atoms with Crippen LogP contribution in [0.1, 0.15) is 38.1 Å². The third-order valence-electron chi connectivity index (χ3n) is 4.25. The smallest absolute Gasteiger partial charge is 0.352 e. The summed E-state index contributed by atoms with van der Waals surface area (Å²) in [4.78, 5) is 12.2. The fourth-order valence-electron chi connectivity index (χ4n) is 2.75. The average Bonchev–Trinajstić information content (AvgIpc) is 2.68. The fourth-order valence-corrected chi connectivity index (χ4v) is 5.65. The first-order valence-corrected chi connectivity index (χ1v) is 10.8. The lowest BCUT2D eigenvalue weighted by atomic mass is 10.1. The quantitative estimate of drug-likeness (QED) is 0.700. The molecule has 2 nitrogen and oxygen atoms in total. The number of amides is 1. The molecule has 0 aromatic heterocycles. The summed E-state index contributed by atoms with van der Waals surface area (Å²) in [5.41, 5.74) is 1.91. The predicted molar refractivity (Wildman–Crippen MR) is 106 cm³/mol. The van der Waals surface area contributed by atoms with E-state index in [1.165, 1.54) is 35.6 Å². The van der Waals surface area contributed by atoms with E-state index in [9.17, 15) is 18.0 Å². The Balaban J connectivity index is 1.49. The topological polar surface area (TPSA) is 29.1 Å². The van der Waals surface area contributed by atoms with Crippen molar-refractivity contribution in [3.63, 3.8) is 0 Å². The lowest BCUT2D eigenvalue weighted by Gasteiger charge is -2.21. The van der Waals surface area contributed by atoms with E-state index >= 15 is 0 Å². The molecular formula is C20H20F3NOS2. The van der Waals surface area contributed by atoms with E-state index < -0.39 is 11.7 Å². The van der Waals surface area contributed by atoms with Gasteiger partial charge in [-0.05, 0) is 59.7 Å². The van der Waals surface area contributed by atoms with Gasteiger partial charge in [-0.2, -0.15) is 13.2 Å². The van der Waals surface area contributed by atoms with E-state index in [-0.39, 0.29) is 5.91 Å². The molecular weight excluding hydrogens is 391 g/mol. The molecule has 1 N–H and O–H groups in total. The summed E-state index contributed by atoms with van der Waals surface area (Å²) in [6, 6.07) is 12.7. The van der Waals surface area contributed by atoms with Crippen LogP contribution >= 0.6 is 23.5 Å². The van der Waals surface area contributed by atoms with Gasteiger partial charge in [-0.15, -0.1) is 23.5 Å². The number of carbonyl (C=O) groups is 1. The molecule has 1 saturated heterocycles. The van der Waals surface area contributed by atoms with E-state index in [2.05, 4.69) is 5.32 Å². The van der Waals surface area contributed by atoms with Crippen molar-refractivity contribution in [3.8, 4) is 0 Å². The number of halogens is 3. The summed E-state index contributed by atoms with van der Waals surface area (Å²) in [6.07, 6.45) is -2.60. The Bertz CT molecular complexity index is 754. The molecule has 1 aliphatic rings. The van der Waals surface area contributed by atoms with Gasteiger partial charge in [-0.1, -0.05) is 24.3 Å². The van der Waals surface area contributed by atoms with Crippen LogP contribution in [0.3, 0.4) is 0 Å². The average molecular weight is 412 g/mol. The molecule has 0 atom stereocenters. The molecule has 0 aliphatic carbocycles. The Morgan fingerprint density at radius 1 is 1.00 bits per heavy atom. The van der Waals surface area contributed by atoms with Gasteiger partial charge in [-0.25, -0.2) is 0 Å². The number of thioether (sulfide) groups is 2. The van der Waals surface area contributed by atoms with Crippen LogP contribution in [0.4, 0.5) is 13.2 Å². The maximum Gasteiger partial charge on any atom is 0.416 e. The van der Waals surface area contributed by atoms with Crippen LogP contribution in [0, 0.1) is 0 Å². The number of nitrogens with one attached hydrogen (secondary N) is 1. The Morgan fingerprint density at radius 3 is 2.22 bits per heavy atom. The molecule has 0 spiro atoms. The van der Waals surface area contributed by atoms with Crippen molar-refractivity contribution >= 4 is 29.4 Å². The molecule has 1 aliphatic heterocycles. The normalized spacial score (nSPS) is 15.5. The first kappa shape index (κ1) is 20.1. The van der Waals surface area contributed by atoms with Crippen molar-refractivity contribution in [2.75, 3.05) is 18.1 Å². The highest BCUT2D eigenvalue weighted by Crippen LogP contribution is 2.43. The SMILES string of the molecule is O=C(NCCc1ccc(C(F)(F)F)cc1)c1ccc(C2SCCCS2)cc1. The molecule has 27 heavy (non-hydrogen) atoms. The van der Waals surface area contributed by atoms with E-state index in [1.54, 1.807) is 0 Å². The number of hydrogen-bond acceptors (Lipinski definition) is 3. The lowest BCUT2D eigenvalue weighted by Crippen LogP contribution is -2.25. The highest BCUT2D eigenvalue weighted by Gasteiger charge is 2.29. The summed E-state index contributed by atoms with van der Waals surface area (Å²) < 4.78 is 38.1. The molecule has 2 aromatic carbocycles. The van der Waals surface area contributed by atoms with Gasteiger partial charge in [0, 0.05) is 12.1 Å². The van der Waals surface area contributed by atoms with Gasteiger partial charge in [0.1, 0.15) is 0 Å². The van der Waals surface area contributed by atoms with Crippen LogP contribution in [-0.2, 0) is 12.6 Å². The van der Waals surface area contributed by atoms with Crippen LogP contribution in [0.15, 0.2) is 48.5 Å². The van der Waals surface area contributed by atoms with Gasteiger partial charge in [0.05, 0.1) is 10.1 Å². The maximum absolute atomic E-state index is 12.6. The second-order valence-electron chi connectivity index (χ2n) is 6.25. The maximum atomic E-state index is 12.6. The van der Waals surface area contributed by atoms with Gasteiger partial charge in [-0.3, -0.25) is 4.79 Å². The lowest BCUT2D eigenvalue weighted by molar-refractivity contribution is -0.137. The van der Waals surface area contributed by atoms with Crippen LogP contribution < -0.4 is 5.32 Å². The summed E-state index contributed by atoms with van der Waals surface area (Å²) >= 11 is 3.87. The van der Waals surface area contributed by atoms with Crippen LogP contribution in [-0.4, -0.2) is 24.0 Å². The largest absolute Gasteiger partial charge is 0.416 e. The van der Waals surface area contributed by atoms with Crippen molar-refractivity contribution < 1.29 is 18.0 Å². The molecule has 1 heterocycles. The Hall–Kier alpha value is -1.60. The third kappa shape index (κ3) is 5.69. The summed E-state index contributed by atoms with van der Waals surface area (Å²) in [5, 5.41) is 2.82. The van der Waals surface area contributed by atoms with Crippen molar-refractivity contribution in [3.05, 3.63) is 70.8 Å². The molecule has 0 saturated carbocycles. The minimum Gasteiger partial charge on any atom is -0.352 e. The van der Waals surface area contributed by atoms with Crippen molar-refractivity contribution in [2.45, 2.75) is 23.6 Å². The molecule has 3 rings (SSSR count). The summed E-state index contributed by atoms with van der Waals surface area (Å²) in [5.74, 6) is 2.17. The van der Waals surface area contributed by atoms with E-state index in [0.29, 0.717) is 23.1 Å². The van der Waals surface area contributed by atoms with E-state index in [0.717, 1.165) is 17.7 Å². The van der Waals surface area contributed by atoms with Crippen LogP contribution in [0.5, 0.6) is 0 Å². The summed E-state index contributed by atoms with van der Waals surface area (Å²) in [7, 11) is 0. The number of hydrogen-bond donors (Lipinski definition) is 1. The summed E-state index contributed by atoms with van der Waals surface area (Å²) in [6.45, 7) is 0.375. The number of rotatable bonds is 5. The van der Waals surface area contributed by atoms with Crippen LogP contribution in [0.25, 0.3) is 0 Å². The molecule has 2 aromatic rings. The molecule has 1 amide bonds. The fraction of sp³-hybridized carbons (Fsp3) is 0.350. The van der Waals surface area contributed by atoms with Gasteiger partial charge in [0.25, 0.3) is 5.91 Å². The Morgan fingerprint density at radius 2 is 1.63 bits per heavy atom. The predicted octanol–water partition coefficient (Wildman–Crippen LogP) is 5.55. The van der Waals surface area contributed by atoms with Crippen molar-refractivity contribution in [2.24, 2.45) is 0 Å². The van der Waals surface area contributed by atoms with Gasteiger partial charge < -0.3 is 5.32 Å². The number of carbonyl (C=O) groups excluding carboxylic acids is 1. The Kier molecular flexibility index (Phi) is 6.76. The van der Waals surface area contributed by atoms with E-state index in [1.807, 2.05) is 47.8 Å². The Labute approximate surface area is 165 Å². The van der Waals surface area contributed by atoms with Crippen molar-refractivity contribution in [1.82, 2.24) is 5.32 Å². The second kappa shape index (κ2) is 9.06. The van der Waals surface area contributed by atoms with Gasteiger partial charge in [0.2, 0.25) is 0 Å². The second-order valence-corrected chi connectivity index (χ2v) is 8.97. The number of benzene rings is 2. The van der Waals surface area contributed by atoms with Gasteiger partial charge >= 0.3 is 6.18 Å². The molecule has 1 fully saturated rings. The highest BCUT2D eigenvalue weighted by atomic mass is 32.2. The zero-order valence-electron chi connectivity index (χ0n) is 14.6. The molecule has 0 radical (unpaired) electrons. The molecule has 0 bridgehead atoms. The molecule has 144 valence electrons. The zero-order chi connectivity index (χ0) is 19.3. The standard InChI is InChI=1S/C20H20F3NOS2/c21-20(22,23)17-8-2-14(3-9-17)10-11-24-18(25)15-4-6-16(7-5-15)19-26-12-1-13-27-19/h2-9,19H,1,10-13H2,(H,24,25). The third-order valence-corrected chi connectivity index (χ3v) is 7.27. The van der Waals surface area contributed by atoms with Crippen molar-refractivity contribution in [1.29, 1.82) is 0 Å². The highest BCUT2D eigenvalue weighted by molar-refractivity contribution is 8.16. The van der Waals surface area contributed by atoms with E-state index in [4.69, 9.17) is 0 Å². The minimum absolute atomic E-state index is 0.169. The molecule has 0 unspecified atom stereocenters. The first-order valence-electron chi connectivity index (χ1n) is 8.71. The monoisotopic (exact) mass is 411 g/mol. The minimum atomic E-state index is -4.33. The zero-order valence-corrected chi connectivity index (χ0v) is 16.2. The first-order chi connectivity index (χ1) is 12.9. The van der Waals surface area contributed by atoms with Crippen LogP contribution in [0.2, 0.25) is 0 Å². The van der Waals surface area contributed by atoms with Gasteiger partial charge in [0.15, 0.2) is 0 Å². The molecule has 7 heteroatoms. The number of alkyl halides is 3.